The number of rotatable bonds is 6. The lowest BCUT2D eigenvalue weighted by Gasteiger charge is -2.05. The van der Waals surface area contributed by atoms with E-state index in [1.165, 1.54) is 11.1 Å². The number of pyridine rings is 2. The van der Waals surface area contributed by atoms with Crippen LogP contribution in [0, 0.1) is 0 Å². The first-order valence-corrected chi connectivity index (χ1v) is 7.57. The summed E-state index contributed by atoms with van der Waals surface area (Å²) in [5.41, 5.74) is 8.23. The molecule has 116 valence electrons. The van der Waals surface area contributed by atoms with Crippen molar-refractivity contribution in [2.75, 3.05) is 5.73 Å². The largest absolute Gasteiger partial charge is 0.368 e. The summed E-state index contributed by atoms with van der Waals surface area (Å²) in [6.07, 6.45) is 10.3. The molecule has 6 nitrogen and oxygen atoms in total. The van der Waals surface area contributed by atoms with Crippen molar-refractivity contribution in [3.63, 3.8) is 0 Å². The number of hydrogen-bond acceptors (Lipinski definition) is 6. The van der Waals surface area contributed by atoms with Gasteiger partial charge in [-0.25, -0.2) is 4.98 Å². The molecule has 3 aromatic heterocycles. The molecule has 0 unspecified atom stereocenters. The summed E-state index contributed by atoms with van der Waals surface area (Å²) in [6.45, 7) is 0. The first kappa shape index (κ1) is 15.0. The van der Waals surface area contributed by atoms with Gasteiger partial charge in [0, 0.05) is 37.6 Å². The van der Waals surface area contributed by atoms with Gasteiger partial charge in [-0.2, -0.15) is 9.97 Å². The molecular weight excluding hydrogens is 288 g/mol. The van der Waals surface area contributed by atoms with Crippen LogP contribution in [0.1, 0.15) is 22.8 Å². The van der Waals surface area contributed by atoms with Gasteiger partial charge in [-0.3, -0.25) is 9.97 Å². The molecule has 0 aliphatic heterocycles. The van der Waals surface area contributed by atoms with Crippen molar-refractivity contribution in [3.8, 4) is 0 Å². The highest BCUT2D eigenvalue weighted by Gasteiger charge is 2.06. The molecule has 0 amide bonds. The minimum Gasteiger partial charge on any atom is -0.368 e. The number of nitrogen functional groups attached to an aromatic ring is 1. The summed E-state index contributed by atoms with van der Waals surface area (Å²) in [5.74, 6) is 1.76. The zero-order valence-corrected chi connectivity index (χ0v) is 12.8. The van der Waals surface area contributed by atoms with Crippen LogP contribution in [0.15, 0.2) is 49.1 Å². The predicted octanol–water partition coefficient (Wildman–Crippen LogP) is 1.81. The minimum atomic E-state index is 0.287. The number of anilines is 1. The van der Waals surface area contributed by atoms with E-state index in [2.05, 4.69) is 24.9 Å². The highest BCUT2D eigenvalue weighted by molar-refractivity contribution is 5.18. The second-order valence-corrected chi connectivity index (χ2v) is 5.24. The molecule has 3 heterocycles. The van der Waals surface area contributed by atoms with E-state index in [0.717, 1.165) is 37.3 Å². The van der Waals surface area contributed by atoms with E-state index in [1.807, 2.05) is 24.3 Å². The smallest absolute Gasteiger partial charge is 0.223 e. The Morgan fingerprint density at radius 3 is 1.48 bits per heavy atom. The highest BCUT2D eigenvalue weighted by atomic mass is 15.1. The average molecular weight is 306 g/mol. The number of nitrogens with zero attached hydrogens (tertiary/aromatic N) is 5. The normalized spacial score (nSPS) is 10.6. The van der Waals surface area contributed by atoms with E-state index < -0.39 is 0 Å². The van der Waals surface area contributed by atoms with Crippen molar-refractivity contribution in [2.24, 2.45) is 0 Å². The maximum atomic E-state index is 5.82. The van der Waals surface area contributed by atoms with Gasteiger partial charge in [0.1, 0.15) is 11.6 Å². The van der Waals surface area contributed by atoms with Crippen LogP contribution in [0.4, 0.5) is 5.95 Å². The molecule has 0 atom stereocenters. The molecule has 0 aromatic carbocycles. The van der Waals surface area contributed by atoms with Crippen molar-refractivity contribution >= 4 is 5.95 Å². The fraction of sp³-hybridized carbons (Fsp3) is 0.235. The second kappa shape index (κ2) is 7.40. The van der Waals surface area contributed by atoms with Crippen LogP contribution >= 0.6 is 0 Å². The third kappa shape index (κ3) is 4.54. The van der Waals surface area contributed by atoms with E-state index in [1.54, 1.807) is 24.8 Å². The van der Waals surface area contributed by atoms with Crippen molar-refractivity contribution < 1.29 is 0 Å². The molecule has 3 aromatic rings. The van der Waals surface area contributed by atoms with E-state index in [-0.39, 0.29) is 5.95 Å². The van der Waals surface area contributed by atoms with E-state index in [4.69, 9.17) is 5.73 Å². The standard InChI is InChI=1S/C17H18N6/c18-17-22-15(3-1-13-5-9-19-10-6-13)21-16(23-17)4-2-14-7-11-20-12-8-14/h5-12H,1-4H2,(H2,18,21,22,23). The topological polar surface area (TPSA) is 90.5 Å². The Morgan fingerprint density at radius 1 is 0.609 bits per heavy atom. The Hall–Kier alpha value is -2.89. The van der Waals surface area contributed by atoms with Gasteiger partial charge in [0.25, 0.3) is 0 Å². The number of nitrogens with two attached hydrogens (primary N) is 1. The molecule has 0 radical (unpaired) electrons. The lowest BCUT2D eigenvalue weighted by atomic mass is 10.1. The summed E-state index contributed by atoms with van der Waals surface area (Å²) in [6, 6.07) is 7.98. The van der Waals surface area contributed by atoms with Crippen molar-refractivity contribution in [3.05, 3.63) is 71.8 Å². The van der Waals surface area contributed by atoms with E-state index in [9.17, 15) is 0 Å². The van der Waals surface area contributed by atoms with Crippen molar-refractivity contribution in [1.82, 2.24) is 24.9 Å². The van der Waals surface area contributed by atoms with Crippen LogP contribution in [-0.4, -0.2) is 24.9 Å². The first-order valence-electron chi connectivity index (χ1n) is 7.57. The third-order valence-corrected chi connectivity index (χ3v) is 3.52. The fourth-order valence-corrected chi connectivity index (χ4v) is 2.32. The van der Waals surface area contributed by atoms with Crippen LogP contribution < -0.4 is 5.73 Å². The average Bonchev–Trinajstić information content (AvgIpc) is 2.60. The molecule has 0 fully saturated rings. The zero-order chi connectivity index (χ0) is 15.9. The Morgan fingerprint density at radius 2 is 1.04 bits per heavy atom. The van der Waals surface area contributed by atoms with Crippen LogP contribution in [0.5, 0.6) is 0 Å². The summed E-state index contributed by atoms with van der Waals surface area (Å²) in [7, 11) is 0. The Balaban J connectivity index is 1.64. The van der Waals surface area contributed by atoms with Gasteiger partial charge in [-0.15, -0.1) is 0 Å². The predicted molar refractivity (Wildman–Crippen MR) is 87.5 cm³/mol. The molecule has 23 heavy (non-hydrogen) atoms. The van der Waals surface area contributed by atoms with Gasteiger partial charge < -0.3 is 5.73 Å². The van der Waals surface area contributed by atoms with Gasteiger partial charge in [0.05, 0.1) is 0 Å². The molecular formula is C17H18N6. The second-order valence-electron chi connectivity index (χ2n) is 5.24. The van der Waals surface area contributed by atoms with Gasteiger partial charge >= 0.3 is 0 Å². The first-order chi connectivity index (χ1) is 11.3. The minimum absolute atomic E-state index is 0.287. The maximum absolute atomic E-state index is 5.82. The monoisotopic (exact) mass is 306 g/mol. The highest BCUT2D eigenvalue weighted by Crippen LogP contribution is 2.07. The van der Waals surface area contributed by atoms with Crippen LogP contribution in [0.25, 0.3) is 0 Å². The van der Waals surface area contributed by atoms with Crippen molar-refractivity contribution in [1.29, 1.82) is 0 Å². The molecule has 0 spiro atoms. The van der Waals surface area contributed by atoms with Crippen LogP contribution in [-0.2, 0) is 25.7 Å². The third-order valence-electron chi connectivity index (χ3n) is 3.52. The van der Waals surface area contributed by atoms with E-state index in [0.29, 0.717) is 0 Å². The molecule has 3 rings (SSSR count). The zero-order valence-electron chi connectivity index (χ0n) is 12.8. The quantitative estimate of drug-likeness (QED) is 0.747. The molecule has 0 saturated carbocycles. The number of hydrogen-bond donors (Lipinski definition) is 1. The Bertz CT molecular complexity index is 684. The maximum Gasteiger partial charge on any atom is 0.223 e. The summed E-state index contributed by atoms with van der Waals surface area (Å²) < 4.78 is 0. The summed E-state index contributed by atoms with van der Waals surface area (Å²) >= 11 is 0. The molecule has 0 aliphatic rings. The van der Waals surface area contributed by atoms with Crippen molar-refractivity contribution in [2.45, 2.75) is 25.7 Å². The molecule has 6 heteroatoms. The Kier molecular flexibility index (Phi) is 4.83. The van der Waals surface area contributed by atoms with Gasteiger partial charge in [-0.1, -0.05) is 0 Å². The molecule has 0 aliphatic carbocycles. The molecule has 0 saturated heterocycles. The van der Waals surface area contributed by atoms with Gasteiger partial charge in [0.15, 0.2) is 0 Å². The van der Waals surface area contributed by atoms with Gasteiger partial charge in [-0.05, 0) is 48.2 Å². The SMILES string of the molecule is Nc1nc(CCc2ccncc2)nc(CCc2ccncc2)n1. The Labute approximate surface area is 134 Å². The lowest BCUT2D eigenvalue weighted by Crippen LogP contribution is -2.09. The number of aryl methyl sites for hydroxylation is 4. The lowest BCUT2D eigenvalue weighted by molar-refractivity contribution is 0.776. The summed E-state index contributed by atoms with van der Waals surface area (Å²) in [4.78, 5) is 21.0. The van der Waals surface area contributed by atoms with E-state index >= 15 is 0 Å². The fourth-order valence-electron chi connectivity index (χ4n) is 2.32. The van der Waals surface area contributed by atoms with Crippen LogP contribution in [0.3, 0.4) is 0 Å². The van der Waals surface area contributed by atoms with Crippen LogP contribution in [0.2, 0.25) is 0 Å². The number of aromatic nitrogens is 5. The molecule has 2 N–H and O–H groups in total. The summed E-state index contributed by atoms with van der Waals surface area (Å²) in [5, 5.41) is 0. The van der Waals surface area contributed by atoms with Gasteiger partial charge in [0.2, 0.25) is 5.95 Å². The molecule has 0 bridgehead atoms.